The van der Waals surface area contributed by atoms with E-state index in [4.69, 9.17) is 27.9 Å². The van der Waals surface area contributed by atoms with Gasteiger partial charge in [-0.1, -0.05) is 54.9 Å². The Bertz CT molecular complexity index is 1840. The number of benzene rings is 3. The van der Waals surface area contributed by atoms with E-state index in [-0.39, 0.29) is 33.1 Å². The van der Waals surface area contributed by atoms with Crippen molar-refractivity contribution in [2.24, 2.45) is 0 Å². The molecule has 246 valence electrons. The quantitative estimate of drug-likeness (QED) is 0.126. The molecule has 1 fully saturated rings. The molecule has 0 saturated carbocycles. The maximum atomic E-state index is 15.6. The van der Waals surface area contributed by atoms with Crippen LogP contribution in [-0.2, 0) is 21.2 Å². The first-order valence-electron chi connectivity index (χ1n) is 14.6. The molecule has 4 aromatic rings. The molecule has 1 aliphatic heterocycles. The first-order valence-corrected chi connectivity index (χ1v) is 17.8. The van der Waals surface area contributed by atoms with E-state index in [9.17, 15) is 12.8 Å². The van der Waals surface area contributed by atoms with Crippen LogP contribution >= 0.6 is 35.0 Å². The van der Waals surface area contributed by atoms with Crippen molar-refractivity contribution in [2.45, 2.75) is 47.5 Å². The number of sulfonamides is 1. The summed E-state index contributed by atoms with van der Waals surface area (Å²) in [7, 11) is 3.72. The smallest absolute Gasteiger partial charge is 0.243 e. The fraction of sp³-hybridized carbons (Fsp3) is 0.364. The number of methoxy groups -OCH3 is 1. The second-order valence-electron chi connectivity index (χ2n) is 12.8. The Morgan fingerprint density at radius 1 is 1.04 bits per heavy atom. The minimum absolute atomic E-state index is 0.0159. The summed E-state index contributed by atoms with van der Waals surface area (Å²) in [5.74, 6) is -0.490. The first-order chi connectivity index (χ1) is 21.5. The van der Waals surface area contributed by atoms with Gasteiger partial charge in [0.1, 0.15) is 23.4 Å². The van der Waals surface area contributed by atoms with Gasteiger partial charge in [0.25, 0.3) is 0 Å². The van der Waals surface area contributed by atoms with Gasteiger partial charge in [0, 0.05) is 40.4 Å². The van der Waals surface area contributed by atoms with Crippen molar-refractivity contribution in [2.75, 3.05) is 41.3 Å². The van der Waals surface area contributed by atoms with E-state index in [1.807, 2.05) is 51.7 Å². The standard InChI is InChI=1S/C33H37Cl2F2N4O3S2/c1-33(2,21-7-12-27(34)30(15-21)44-6)31-18-38-32(40(31)23-10-8-22(36)9-11-23)45-20-26-28(35)16-25(17-29(26)37)46(42,43)39-14-13-24(19-39)41(3,4)5/h7-12,15-18,24H,13-14,19-20H2,1-6H3/q+1. The van der Waals surface area contributed by atoms with Gasteiger partial charge >= 0.3 is 0 Å². The van der Waals surface area contributed by atoms with Crippen molar-refractivity contribution in [1.82, 2.24) is 13.9 Å². The van der Waals surface area contributed by atoms with Crippen molar-refractivity contribution in [3.8, 4) is 11.4 Å². The number of likely N-dealkylation sites (N-methyl/N-ethyl adjacent to an activating group) is 1. The maximum absolute atomic E-state index is 15.6. The van der Waals surface area contributed by atoms with E-state index in [0.717, 1.165) is 23.7 Å². The van der Waals surface area contributed by atoms with Crippen LogP contribution in [-0.4, -0.2) is 74.1 Å². The Labute approximate surface area is 283 Å². The first kappa shape index (κ1) is 34.7. The molecule has 0 N–H and O–H groups in total. The van der Waals surface area contributed by atoms with Crippen LogP contribution in [0.1, 0.15) is 37.1 Å². The highest BCUT2D eigenvalue weighted by Gasteiger charge is 2.39. The third kappa shape index (κ3) is 6.81. The molecule has 7 nitrogen and oxygen atoms in total. The van der Waals surface area contributed by atoms with E-state index >= 15 is 4.39 Å². The summed E-state index contributed by atoms with van der Waals surface area (Å²) in [5, 5.41) is 1.02. The van der Waals surface area contributed by atoms with Gasteiger partial charge in [-0.05, 0) is 54.1 Å². The van der Waals surface area contributed by atoms with Crippen LogP contribution < -0.4 is 4.74 Å². The predicted molar refractivity (Wildman–Crippen MR) is 180 cm³/mol. The molecule has 1 saturated heterocycles. The van der Waals surface area contributed by atoms with Gasteiger partial charge in [-0.2, -0.15) is 4.31 Å². The summed E-state index contributed by atoms with van der Waals surface area (Å²) >= 11 is 14.1. The number of aromatic nitrogens is 2. The largest absolute Gasteiger partial charge is 0.495 e. The Balaban J connectivity index is 1.46. The normalized spacial score (nSPS) is 16.3. The minimum atomic E-state index is -3.93. The third-order valence-electron chi connectivity index (χ3n) is 8.65. The molecule has 0 amide bonds. The molecule has 0 bridgehead atoms. The number of thioether (sulfide) groups is 1. The number of halogens is 4. The van der Waals surface area contributed by atoms with Crippen LogP contribution in [0.25, 0.3) is 5.69 Å². The zero-order chi connectivity index (χ0) is 33.6. The highest BCUT2D eigenvalue weighted by molar-refractivity contribution is 7.98. The topological polar surface area (TPSA) is 64.4 Å². The molecule has 1 aliphatic rings. The lowest BCUT2D eigenvalue weighted by atomic mass is 9.81. The van der Waals surface area contributed by atoms with Crippen molar-refractivity contribution in [1.29, 1.82) is 0 Å². The summed E-state index contributed by atoms with van der Waals surface area (Å²) in [6, 6.07) is 14.1. The zero-order valence-electron chi connectivity index (χ0n) is 26.5. The van der Waals surface area contributed by atoms with Gasteiger partial charge in [-0.25, -0.2) is 22.2 Å². The Morgan fingerprint density at radius 2 is 1.74 bits per heavy atom. The van der Waals surface area contributed by atoms with Crippen LogP contribution in [0.2, 0.25) is 10.0 Å². The molecular weight excluding hydrogens is 673 g/mol. The molecule has 46 heavy (non-hydrogen) atoms. The van der Waals surface area contributed by atoms with Crippen molar-refractivity contribution >= 4 is 45.0 Å². The van der Waals surface area contributed by atoms with E-state index < -0.39 is 21.3 Å². The van der Waals surface area contributed by atoms with E-state index in [1.165, 1.54) is 34.3 Å². The van der Waals surface area contributed by atoms with Crippen LogP contribution in [0.4, 0.5) is 8.78 Å². The maximum Gasteiger partial charge on any atom is 0.243 e. The average Bonchev–Trinajstić information content (AvgIpc) is 3.66. The molecule has 0 radical (unpaired) electrons. The SMILES string of the molecule is COc1cc(C(C)(C)c2cnc(SCc3c(F)cc(S(=O)(=O)N4CCC([N+](C)(C)C)C4)cc3Cl)n2-c2ccc(F)cc2)ccc1Cl. The molecule has 0 spiro atoms. The summed E-state index contributed by atoms with van der Waals surface area (Å²) in [6.45, 7) is 4.78. The summed E-state index contributed by atoms with van der Waals surface area (Å²) in [4.78, 5) is 4.52. The van der Waals surface area contributed by atoms with Crippen LogP contribution in [0.15, 0.2) is 70.8 Å². The number of imidazole rings is 1. The molecule has 1 atom stereocenters. The monoisotopic (exact) mass is 709 g/mol. The Kier molecular flexibility index (Phi) is 9.86. The number of ether oxygens (including phenoxy) is 1. The molecule has 1 aromatic heterocycles. The number of hydrogen-bond acceptors (Lipinski definition) is 5. The molecule has 5 rings (SSSR count). The van der Waals surface area contributed by atoms with Gasteiger partial charge < -0.3 is 9.22 Å². The highest BCUT2D eigenvalue weighted by atomic mass is 35.5. The third-order valence-corrected chi connectivity index (χ3v) is 12.1. The number of nitrogens with zero attached hydrogens (tertiary/aromatic N) is 4. The second kappa shape index (κ2) is 13.1. The van der Waals surface area contributed by atoms with Crippen molar-refractivity contribution < 1.29 is 26.4 Å². The van der Waals surface area contributed by atoms with Gasteiger partial charge in [0.2, 0.25) is 10.0 Å². The molecule has 3 aromatic carbocycles. The Hall–Kier alpha value is -2.67. The molecule has 2 heterocycles. The van der Waals surface area contributed by atoms with E-state index in [0.29, 0.717) is 39.2 Å². The van der Waals surface area contributed by atoms with E-state index in [2.05, 4.69) is 4.98 Å². The zero-order valence-corrected chi connectivity index (χ0v) is 29.7. The summed E-state index contributed by atoms with van der Waals surface area (Å²) in [5.41, 5.74) is 1.91. The lowest BCUT2D eigenvalue weighted by Crippen LogP contribution is -2.47. The Morgan fingerprint density at radius 3 is 2.35 bits per heavy atom. The number of quaternary nitrogens is 1. The van der Waals surface area contributed by atoms with Gasteiger partial charge in [-0.3, -0.25) is 4.57 Å². The molecule has 1 unspecified atom stereocenters. The summed E-state index contributed by atoms with van der Waals surface area (Å²) < 4.78 is 65.8. The van der Waals surface area contributed by atoms with Gasteiger partial charge in [-0.15, -0.1) is 0 Å². The highest BCUT2D eigenvalue weighted by Crippen LogP contribution is 2.40. The lowest BCUT2D eigenvalue weighted by molar-refractivity contribution is -0.893. The van der Waals surface area contributed by atoms with Crippen LogP contribution in [0, 0.1) is 11.6 Å². The second-order valence-corrected chi connectivity index (χ2v) is 16.5. The van der Waals surface area contributed by atoms with Crippen LogP contribution in [0.5, 0.6) is 5.75 Å². The van der Waals surface area contributed by atoms with E-state index in [1.54, 1.807) is 31.5 Å². The predicted octanol–water partition coefficient (Wildman–Crippen LogP) is 7.55. The molecule has 13 heteroatoms. The molecule has 0 aliphatic carbocycles. The van der Waals surface area contributed by atoms with Crippen LogP contribution in [0.3, 0.4) is 0 Å². The van der Waals surface area contributed by atoms with Gasteiger partial charge in [0.15, 0.2) is 5.16 Å². The van der Waals surface area contributed by atoms with Crippen molar-refractivity contribution in [3.05, 3.63) is 99.3 Å². The minimum Gasteiger partial charge on any atom is -0.495 e. The summed E-state index contributed by atoms with van der Waals surface area (Å²) in [6.07, 6.45) is 2.46. The number of hydrogen-bond donors (Lipinski definition) is 0. The number of rotatable bonds is 10. The average molecular weight is 711 g/mol. The van der Waals surface area contributed by atoms with Gasteiger partial charge in [0.05, 0.1) is 56.6 Å². The fourth-order valence-electron chi connectivity index (χ4n) is 5.63. The van der Waals surface area contributed by atoms with Crippen molar-refractivity contribution in [3.63, 3.8) is 0 Å². The molecular formula is C33H37Cl2F2N4O3S2+. The lowest BCUT2D eigenvalue weighted by Gasteiger charge is -2.31. The fourth-order valence-corrected chi connectivity index (χ4v) is 8.80.